The van der Waals surface area contributed by atoms with E-state index in [4.69, 9.17) is 14.2 Å². The van der Waals surface area contributed by atoms with Gasteiger partial charge < -0.3 is 19.5 Å². The van der Waals surface area contributed by atoms with Crippen LogP contribution in [0.15, 0.2) is 0 Å². The summed E-state index contributed by atoms with van der Waals surface area (Å²) in [7, 11) is 0. The molecule has 4 aliphatic rings. The van der Waals surface area contributed by atoms with Gasteiger partial charge in [0, 0.05) is 18.6 Å². The first kappa shape index (κ1) is 19.1. The van der Waals surface area contributed by atoms with Crippen molar-refractivity contribution in [3.8, 4) is 0 Å². The molecule has 4 fully saturated rings. The van der Waals surface area contributed by atoms with Crippen LogP contribution in [0, 0.1) is 23.2 Å². The minimum Gasteiger partial charge on any atom is -0.379 e. The van der Waals surface area contributed by atoms with Gasteiger partial charge in [-0.25, -0.2) is 0 Å². The van der Waals surface area contributed by atoms with Gasteiger partial charge in [0.2, 0.25) is 5.91 Å². The van der Waals surface area contributed by atoms with E-state index >= 15 is 0 Å². The molecule has 0 aromatic rings. The molecule has 25 heavy (non-hydrogen) atoms. The fraction of sp³-hybridized carbons (Fsp3) is 0.950. The van der Waals surface area contributed by atoms with Crippen molar-refractivity contribution in [1.82, 2.24) is 5.32 Å². The van der Waals surface area contributed by atoms with Crippen molar-refractivity contribution in [3.05, 3.63) is 0 Å². The maximum absolute atomic E-state index is 12.8. The number of nitrogens with one attached hydrogen (secondary N) is 1. The SMILES string of the molecule is CCCOCCOCCOCCNC(=O)C12CC3CC(CC(C3)C1)C2. The maximum atomic E-state index is 12.8. The molecular weight excluding hydrogens is 318 g/mol. The zero-order chi connectivity index (χ0) is 17.5. The van der Waals surface area contributed by atoms with E-state index in [0.717, 1.165) is 50.0 Å². The predicted octanol–water partition coefficient (Wildman–Crippen LogP) is 2.78. The summed E-state index contributed by atoms with van der Waals surface area (Å²) in [6, 6.07) is 0. The van der Waals surface area contributed by atoms with Crippen LogP contribution in [0.25, 0.3) is 0 Å². The van der Waals surface area contributed by atoms with E-state index in [9.17, 15) is 4.79 Å². The summed E-state index contributed by atoms with van der Waals surface area (Å²) >= 11 is 0. The smallest absolute Gasteiger partial charge is 0.226 e. The van der Waals surface area contributed by atoms with Crippen LogP contribution in [0.1, 0.15) is 51.9 Å². The van der Waals surface area contributed by atoms with Gasteiger partial charge in [0.25, 0.3) is 0 Å². The lowest BCUT2D eigenvalue weighted by Gasteiger charge is -2.55. The first-order chi connectivity index (χ1) is 12.2. The fourth-order valence-electron chi connectivity index (χ4n) is 5.50. The molecule has 0 aromatic carbocycles. The van der Waals surface area contributed by atoms with Gasteiger partial charge in [-0.05, 0) is 62.7 Å². The van der Waals surface area contributed by atoms with Crippen molar-refractivity contribution in [3.63, 3.8) is 0 Å². The molecule has 4 bridgehead atoms. The molecule has 4 rings (SSSR count). The Hall–Kier alpha value is -0.650. The summed E-state index contributed by atoms with van der Waals surface area (Å²) in [6.45, 7) is 6.48. The van der Waals surface area contributed by atoms with Gasteiger partial charge in [0.1, 0.15) is 0 Å². The first-order valence-corrected chi connectivity index (χ1v) is 10.2. The summed E-state index contributed by atoms with van der Waals surface area (Å²) in [5.74, 6) is 2.73. The molecule has 1 N–H and O–H groups in total. The van der Waals surface area contributed by atoms with E-state index in [1.54, 1.807) is 0 Å². The molecular formula is C20H35NO4. The van der Waals surface area contributed by atoms with E-state index in [1.807, 2.05) is 0 Å². The van der Waals surface area contributed by atoms with Crippen molar-refractivity contribution in [2.45, 2.75) is 51.9 Å². The van der Waals surface area contributed by atoms with Crippen LogP contribution in [-0.4, -0.2) is 52.1 Å². The molecule has 4 aliphatic carbocycles. The van der Waals surface area contributed by atoms with Crippen LogP contribution >= 0.6 is 0 Å². The molecule has 4 saturated carbocycles. The lowest BCUT2D eigenvalue weighted by molar-refractivity contribution is -0.146. The molecule has 0 aliphatic heterocycles. The number of carbonyl (C=O) groups excluding carboxylic acids is 1. The Labute approximate surface area is 152 Å². The quantitative estimate of drug-likeness (QED) is 0.548. The number of amides is 1. The third-order valence-corrected chi connectivity index (χ3v) is 6.14. The lowest BCUT2D eigenvalue weighted by Crippen LogP contribution is -2.53. The highest BCUT2D eigenvalue weighted by Gasteiger charge is 2.54. The minimum atomic E-state index is -0.0453. The van der Waals surface area contributed by atoms with Gasteiger partial charge in [-0.2, -0.15) is 0 Å². The Kier molecular flexibility index (Phi) is 7.14. The monoisotopic (exact) mass is 353 g/mol. The number of rotatable bonds is 12. The zero-order valence-electron chi connectivity index (χ0n) is 15.8. The van der Waals surface area contributed by atoms with Gasteiger partial charge in [-0.1, -0.05) is 6.92 Å². The van der Waals surface area contributed by atoms with Crippen molar-refractivity contribution in [1.29, 1.82) is 0 Å². The Morgan fingerprint density at radius 2 is 1.32 bits per heavy atom. The predicted molar refractivity (Wildman–Crippen MR) is 96.4 cm³/mol. The van der Waals surface area contributed by atoms with E-state index in [2.05, 4.69) is 12.2 Å². The highest BCUT2D eigenvalue weighted by atomic mass is 16.5. The molecule has 0 atom stereocenters. The molecule has 5 nitrogen and oxygen atoms in total. The largest absolute Gasteiger partial charge is 0.379 e. The zero-order valence-corrected chi connectivity index (χ0v) is 15.8. The van der Waals surface area contributed by atoms with Gasteiger partial charge in [-0.15, -0.1) is 0 Å². The van der Waals surface area contributed by atoms with Gasteiger partial charge in [0.15, 0.2) is 0 Å². The second-order valence-corrected chi connectivity index (χ2v) is 8.29. The van der Waals surface area contributed by atoms with Crippen LogP contribution in [0.5, 0.6) is 0 Å². The van der Waals surface area contributed by atoms with Crippen molar-refractivity contribution in [2.75, 3.05) is 46.2 Å². The Balaban J connectivity index is 1.22. The third kappa shape index (κ3) is 5.18. The molecule has 0 aromatic heterocycles. The highest BCUT2D eigenvalue weighted by Crippen LogP contribution is 2.60. The van der Waals surface area contributed by atoms with Gasteiger partial charge in [-0.3, -0.25) is 4.79 Å². The van der Waals surface area contributed by atoms with Gasteiger partial charge >= 0.3 is 0 Å². The topological polar surface area (TPSA) is 56.8 Å². The van der Waals surface area contributed by atoms with E-state index in [1.165, 1.54) is 19.3 Å². The average molecular weight is 354 g/mol. The number of ether oxygens (including phenoxy) is 3. The molecule has 0 saturated heterocycles. The third-order valence-electron chi connectivity index (χ3n) is 6.14. The summed E-state index contributed by atoms with van der Waals surface area (Å²) in [5, 5.41) is 3.14. The standard InChI is InChI=1S/C20H35NO4/c1-2-4-23-6-8-25-9-7-24-5-3-21-19(22)20-13-16-10-17(14-20)12-18(11-16)15-20/h16-18H,2-15H2,1H3,(H,21,22). The first-order valence-electron chi connectivity index (χ1n) is 10.2. The van der Waals surface area contributed by atoms with Crippen LogP contribution < -0.4 is 5.32 Å². The van der Waals surface area contributed by atoms with Crippen LogP contribution in [0.2, 0.25) is 0 Å². The lowest BCUT2D eigenvalue weighted by atomic mass is 9.49. The molecule has 144 valence electrons. The van der Waals surface area contributed by atoms with E-state index in [0.29, 0.717) is 45.5 Å². The van der Waals surface area contributed by atoms with Crippen LogP contribution in [0.4, 0.5) is 0 Å². The second-order valence-electron chi connectivity index (χ2n) is 8.29. The van der Waals surface area contributed by atoms with Gasteiger partial charge in [0.05, 0.1) is 33.0 Å². The van der Waals surface area contributed by atoms with E-state index < -0.39 is 0 Å². The Morgan fingerprint density at radius 1 is 0.840 bits per heavy atom. The molecule has 0 unspecified atom stereocenters. The van der Waals surface area contributed by atoms with Crippen molar-refractivity contribution in [2.24, 2.45) is 23.2 Å². The number of carbonyl (C=O) groups is 1. The van der Waals surface area contributed by atoms with Crippen molar-refractivity contribution >= 4 is 5.91 Å². The summed E-state index contributed by atoms with van der Waals surface area (Å²) < 4.78 is 16.3. The molecule has 0 spiro atoms. The average Bonchev–Trinajstić information content (AvgIpc) is 2.58. The number of hydrogen-bond donors (Lipinski definition) is 1. The highest BCUT2D eigenvalue weighted by molar-refractivity contribution is 5.83. The molecule has 0 radical (unpaired) electrons. The Morgan fingerprint density at radius 3 is 1.84 bits per heavy atom. The molecule has 5 heteroatoms. The second kappa shape index (κ2) is 9.33. The normalized spacial score (nSPS) is 32.9. The Bertz CT molecular complexity index is 391. The summed E-state index contributed by atoms with van der Waals surface area (Å²) in [4.78, 5) is 12.8. The van der Waals surface area contributed by atoms with E-state index in [-0.39, 0.29) is 5.41 Å². The van der Waals surface area contributed by atoms with Crippen LogP contribution in [0.3, 0.4) is 0 Å². The fourth-order valence-corrected chi connectivity index (χ4v) is 5.50. The summed E-state index contributed by atoms with van der Waals surface area (Å²) in [5.41, 5.74) is -0.0453. The minimum absolute atomic E-state index is 0.0453. The number of hydrogen-bond acceptors (Lipinski definition) is 4. The van der Waals surface area contributed by atoms with Crippen molar-refractivity contribution < 1.29 is 19.0 Å². The maximum Gasteiger partial charge on any atom is 0.226 e. The summed E-state index contributed by atoms with van der Waals surface area (Å²) in [6.07, 6.45) is 8.54. The molecule has 0 heterocycles. The van der Waals surface area contributed by atoms with Crippen LogP contribution in [-0.2, 0) is 19.0 Å². The molecule has 1 amide bonds.